The van der Waals surface area contributed by atoms with Gasteiger partial charge < -0.3 is 0 Å². The Hall–Kier alpha value is -1.64. The van der Waals surface area contributed by atoms with E-state index < -0.39 is 0 Å². The Bertz CT molecular complexity index is 662. The van der Waals surface area contributed by atoms with Gasteiger partial charge in [0.25, 0.3) is 0 Å². The van der Waals surface area contributed by atoms with E-state index in [2.05, 4.69) is 11.0 Å². The van der Waals surface area contributed by atoms with E-state index in [-0.39, 0.29) is 5.78 Å². The second-order valence-electron chi connectivity index (χ2n) is 5.85. The van der Waals surface area contributed by atoms with Crippen LogP contribution in [0.15, 0.2) is 48.5 Å². The Labute approximate surface area is 136 Å². The summed E-state index contributed by atoms with van der Waals surface area (Å²) < 4.78 is 0. The van der Waals surface area contributed by atoms with Crippen molar-refractivity contribution in [2.45, 2.75) is 25.8 Å². The minimum absolute atomic E-state index is 0.00825. The maximum atomic E-state index is 12.6. The van der Waals surface area contributed by atoms with Crippen LogP contribution in [0.25, 0.3) is 0 Å². The van der Waals surface area contributed by atoms with Crippen LogP contribution in [-0.2, 0) is 6.54 Å². The van der Waals surface area contributed by atoms with E-state index in [1.165, 1.54) is 24.8 Å². The van der Waals surface area contributed by atoms with Crippen LogP contribution < -0.4 is 0 Å². The van der Waals surface area contributed by atoms with Gasteiger partial charge in [0.2, 0.25) is 0 Å². The van der Waals surface area contributed by atoms with Gasteiger partial charge in [0.15, 0.2) is 5.78 Å². The van der Waals surface area contributed by atoms with Crippen molar-refractivity contribution in [2.24, 2.45) is 0 Å². The van der Waals surface area contributed by atoms with Crippen molar-refractivity contribution in [1.29, 1.82) is 0 Å². The summed E-state index contributed by atoms with van der Waals surface area (Å²) in [6, 6.07) is 15.1. The third-order valence-electron chi connectivity index (χ3n) is 4.16. The first-order chi connectivity index (χ1) is 10.7. The molecule has 0 spiro atoms. The molecule has 1 aliphatic heterocycles. The zero-order valence-corrected chi connectivity index (χ0v) is 13.4. The first-order valence-corrected chi connectivity index (χ1v) is 8.22. The van der Waals surface area contributed by atoms with Gasteiger partial charge >= 0.3 is 0 Å². The highest BCUT2D eigenvalue weighted by Gasteiger charge is 2.14. The van der Waals surface area contributed by atoms with Gasteiger partial charge in [-0.2, -0.15) is 0 Å². The molecule has 3 rings (SSSR count). The smallest absolute Gasteiger partial charge is 0.194 e. The highest BCUT2D eigenvalue weighted by molar-refractivity contribution is 6.34. The van der Waals surface area contributed by atoms with Crippen molar-refractivity contribution in [2.75, 3.05) is 13.1 Å². The summed E-state index contributed by atoms with van der Waals surface area (Å²) in [4.78, 5) is 15.1. The SMILES string of the molecule is O=C(c1cccc(CN2CCCCC2)c1)c1ccccc1Cl. The van der Waals surface area contributed by atoms with Crippen LogP contribution >= 0.6 is 11.6 Å². The molecule has 2 nitrogen and oxygen atoms in total. The predicted molar refractivity (Wildman–Crippen MR) is 90.5 cm³/mol. The van der Waals surface area contributed by atoms with Crippen molar-refractivity contribution >= 4 is 17.4 Å². The van der Waals surface area contributed by atoms with E-state index in [9.17, 15) is 4.79 Å². The third kappa shape index (κ3) is 3.57. The Kier molecular flexibility index (Phi) is 4.91. The summed E-state index contributed by atoms with van der Waals surface area (Å²) in [6.07, 6.45) is 3.89. The van der Waals surface area contributed by atoms with E-state index in [0.29, 0.717) is 16.1 Å². The highest BCUT2D eigenvalue weighted by atomic mass is 35.5. The molecule has 0 saturated carbocycles. The summed E-state index contributed by atoms with van der Waals surface area (Å²) >= 11 is 6.14. The van der Waals surface area contributed by atoms with Crippen LogP contribution in [0.5, 0.6) is 0 Å². The molecule has 0 atom stereocenters. The number of hydrogen-bond acceptors (Lipinski definition) is 2. The monoisotopic (exact) mass is 313 g/mol. The lowest BCUT2D eigenvalue weighted by molar-refractivity contribution is 0.103. The fourth-order valence-corrected chi connectivity index (χ4v) is 3.21. The largest absolute Gasteiger partial charge is 0.299 e. The molecule has 0 N–H and O–H groups in total. The molecule has 0 radical (unpaired) electrons. The fraction of sp³-hybridized carbons (Fsp3) is 0.316. The van der Waals surface area contributed by atoms with E-state index in [1.807, 2.05) is 30.3 Å². The topological polar surface area (TPSA) is 20.3 Å². The van der Waals surface area contributed by atoms with Crippen LogP contribution in [0.4, 0.5) is 0 Å². The molecule has 1 fully saturated rings. The molecule has 22 heavy (non-hydrogen) atoms. The Morgan fingerprint density at radius 2 is 1.77 bits per heavy atom. The van der Waals surface area contributed by atoms with E-state index in [4.69, 9.17) is 11.6 Å². The van der Waals surface area contributed by atoms with E-state index >= 15 is 0 Å². The van der Waals surface area contributed by atoms with Gasteiger partial charge in [0.05, 0.1) is 5.02 Å². The summed E-state index contributed by atoms with van der Waals surface area (Å²) in [7, 11) is 0. The molecule has 1 aliphatic rings. The van der Waals surface area contributed by atoms with Gasteiger partial charge in [-0.1, -0.05) is 48.4 Å². The summed E-state index contributed by atoms with van der Waals surface area (Å²) in [5.74, 6) is -0.00825. The molecule has 0 aromatic heterocycles. The van der Waals surface area contributed by atoms with Crippen LogP contribution in [0.1, 0.15) is 40.7 Å². The molecule has 0 amide bonds. The highest BCUT2D eigenvalue weighted by Crippen LogP contribution is 2.20. The van der Waals surface area contributed by atoms with Crippen molar-refractivity contribution in [3.05, 3.63) is 70.2 Å². The maximum Gasteiger partial charge on any atom is 0.194 e. The second-order valence-corrected chi connectivity index (χ2v) is 6.25. The molecular weight excluding hydrogens is 294 g/mol. The Balaban J connectivity index is 1.78. The first kappa shape index (κ1) is 15.3. The number of benzene rings is 2. The molecule has 1 saturated heterocycles. The lowest BCUT2D eigenvalue weighted by Gasteiger charge is -2.26. The van der Waals surface area contributed by atoms with Gasteiger partial charge in [-0.15, -0.1) is 0 Å². The number of halogens is 1. The van der Waals surface area contributed by atoms with Crippen LogP contribution in [0.3, 0.4) is 0 Å². The molecule has 0 bridgehead atoms. The number of piperidine rings is 1. The zero-order chi connectivity index (χ0) is 15.4. The lowest BCUT2D eigenvalue weighted by atomic mass is 10.0. The molecule has 0 unspecified atom stereocenters. The van der Waals surface area contributed by atoms with Crippen LogP contribution in [0.2, 0.25) is 5.02 Å². The molecule has 0 aliphatic carbocycles. The van der Waals surface area contributed by atoms with Gasteiger partial charge in [-0.05, 0) is 49.7 Å². The van der Waals surface area contributed by atoms with Crippen molar-refractivity contribution in [1.82, 2.24) is 4.90 Å². The normalized spacial score (nSPS) is 15.7. The van der Waals surface area contributed by atoms with E-state index in [1.54, 1.807) is 12.1 Å². The van der Waals surface area contributed by atoms with Gasteiger partial charge in [0.1, 0.15) is 0 Å². The van der Waals surface area contributed by atoms with Gasteiger partial charge in [-0.25, -0.2) is 0 Å². The lowest BCUT2D eigenvalue weighted by Crippen LogP contribution is -2.29. The zero-order valence-electron chi connectivity index (χ0n) is 12.6. The molecule has 3 heteroatoms. The average molecular weight is 314 g/mol. The van der Waals surface area contributed by atoms with Crippen LogP contribution in [-0.4, -0.2) is 23.8 Å². The van der Waals surface area contributed by atoms with Gasteiger partial charge in [-0.3, -0.25) is 9.69 Å². The number of ketones is 1. The molecule has 114 valence electrons. The number of hydrogen-bond donors (Lipinski definition) is 0. The Morgan fingerprint density at radius 1 is 1.00 bits per heavy atom. The molecule has 2 aromatic rings. The number of likely N-dealkylation sites (tertiary alicyclic amines) is 1. The van der Waals surface area contributed by atoms with Gasteiger partial charge in [0, 0.05) is 17.7 Å². The minimum atomic E-state index is -0.00825. The summed E-state index contributed by atoms with van der Waals surface area (Å²) in [5, 5.41) is 0.508. The molecule has 1 heterocycles. The number of carbonyl (C=O) groups excluding carboxylic acids is 1. The Morgan fingerprint density at radius 3 is 2.55 bits per heavy atom. The minimum Gasteiger partial charge on any atom is -0.299 e. The maximum absolute atomic E-state index is 12.6. The number of carbonyl (C=O) groups is 1. The second kappa shape index (κ2) is 7.08. The summed E-state index contributed by atoms with van der Waals surface area (Å²) in [5.41, 5.74) is 2.47. The standard InChI is InChI=1S/C19H20ClNO/c20-18-10-3-2-9-17(18)19(22)16-8-6-7-15(13-16)14-21-11-4-1-5-12-21/h2-3,6-10,13H,1,4-5,11-12,14H2. The summed E-state index contributed by atoms with van der Waals surface area (Å²) in [6.45, 7) is 3.23. The van der Waals surface area contributed by atoms with Crippen molar-refractivity contribution < 1.29 is 4.79 Å². The van der Waals surface area contributed by atoms with E-state index in [0.717, 1.165) is 19.6 Å². The molecular formula is C19H20ClNO. The first-order valence-electron chi connectivity index (χ1n) is 7.84. The fourth-order valence-electron chi connectivity index (χ4n) is 2.99. The van der Waals surface area contributed by atoms with Crippen LogP contribution in [0, 0.1) is 0 Å². The number of rotatable bonds is 4. The number of nitrogens with zero attached hydrogens (tertiary/aromatic N) is 1. The average Bonchev–Trinajstić information content (AvgIpc) is 2.56. The van der Waals surface area contributed by atoms with Crippen molar-refractivity contribution in [3.8, 4) is 0 Å². The quantitative estimate of drug-likeness (QED) is 0.771. The van der Waals surface area contributed by atoms with Crippen molar-refractivity contribution in [3.63, 3.8) is 0 Å². The third-order valence-corrected chi connectivity index (χ3v) is 4.49. The predicted octanol–water partition coefficient (Wildman–Crippen LogP) is 4.56. The molecule has 2 aromatic carbocycles.